The van der Waals surface area contributed by atoms with Crippen molar-refractivity contribution in [3.8, 4) is 5.69 Å². The van der Waals surface area contributed by atoms with Crippen LogP contribution in [0, 0.1) is 0 Å². The van der Waals surface area contributed by atoms with Crippen LogP contribution in [-0.2, 0) is 0 Å². The molecule has 188 valence electrons. The average Bonchev–Trinajstić information content (AvgIpc) is 3.58. The zero-order valence-electron chi connectivity index (χ0n) is 21.6. The molecule has 1 atom stereocenters. The van der Waals surface area contributed by atoms with E-state index in [4.69, 9.17) is 0 Å². The standard InChI is InChI=1S/C37H24N2S/c1-6-14-30-23(9-1)19-22-31(38-30)24-17-20-25(21-18-24)39-32-15-7-4-12-28(32)34-26-10-2-3-11-27(26)35-29-13-5-8-16-33(29)40-37(35)36(34)39/h1-22,30,38H. The first-order valence-electron chi connectivity index (χ1n) is 13.7. The van der Waals surface area contributed by atoms with E-state index in [0.29, 0.717) is 0 Å². The van der Waals surface area contributed by atoms with Gasteiger partial charge in [-0.3, -0.25) is 0 Å². The van der Waals surface area contributed by atoms with Crippen LogP contribution in [0.25, 0.3) is 64.1 Å². The summed E-state index contributed by atoms with van der Waals surface area (Å²) in [5.41, 5.74) is 7.36. The number of thiophene rings is 1. The number of allylic oxidation sites excluding steroid dienone is 4. The fraction of sp³-hybridized carbons (Fsp3) is 0.0270. The van der Waals surface area contributed by atoms with Crippen LogP contribution in [0.3, 0.4) is 0 Å². The number of rotatable bonds is 2. The summed E-state index contributed by atoms with van der Waals surface area (Å²) in [6.45, 7) is 0. The molecule has 0 saturated heterocycles. The van der Waals surface area contributed by atoms with Crippen molar-refractivity contribution in [3.63, 3.8) is 0 Å². The van der Waals surface area contributed by atoms with Crippen LogP contribution in [0.4, 0.5) is 0 Å². The lowest BCUT2D eigenvalue weighted by Gasteiger charge is -2.25. The molecule has 5 aromatic carbocycles. The van der Waals surface area contributed by atoms with Gasteiger partial charge in [0.25, 0.3) is 0 Å². The number of dihydropyridines is 1. The Hall–Kier alpha value is -4.86. The van der Waals surface area contributed by atoms with Gasteiger partial charge in [0.2, 0.25) is 0 Å². The normalized spacial score (nSPS) is 16.6. The van der Waals surface area contributed by atoms with Crippen molar-refractivity contribution in [2.45, 2.75) is 6.04 Å². The maximum Gasteiger partial charge on any atom is 0.0726 e. The summed E-state index contributed by atoms with van der Waals surface area (Å²) in [4.78, 5) is 0. The maximum atomic E-state index is 3.69. The second kappa shape index (κ2) is 8.32. The van der Waals surface area contributed by atoms with E-state index >= 15 is 0 Å². The van der Waals surface area contributed by atoms with Crippen LogP contribution in [0.15, 0.2) is 139 Å². The number of hydrogen-bond acceptors (Lipinski definition) is 2. The van der Waals surface area contributed by atoms with Crippen molar-refractivity contribution in [2.75, 3.05) is 0 Å². The highest BCUT2D eigenvalue weighted by Crippen LogP contribution is 2.47. The lowest BCUT2D eigenvalue weighted by atomic mass is 9.96. The molecule has 2 aliphatic rings. The number of aromatic nitrogens is 1. The minimum atomic E-state index is 0.233. The Labute approximate surface area is 235 Å². The molecule has 0 spiro atoms. The molecule has 9 rings (SSSR count). The van der Waals surface area contributed by atoms with Gasteiger partial charge in [-0.15, -0.1) is 11.3 Å². The van der Waals surface area contributed by atoms with Crippen LogP contribution >= 0.6 is 11.3 Å². The molecule has 3 heterocycles. The lowest BCUT2D eigenvalue weighted by molar-refractivity contribution is 0.813. The molecule has 7 aromatic rings. The molecule has 1 N–H and O–H groups in total. The first-order chi connectivity index (χ1) is 19.8. The molecule has 2 aromatic heterocycles. The quantitative estimate of drug-likeness (QED) is 0.236. The Balaban J connectivity index is 1.33. The molecule has 0 amide bonds. The van der Waals surface area contributed by atoms with E-state index in [9.17, 15) is 0 Å². The number of nitrogens with zero attached hydrogens (tertiary/aromatic N) is 1. The van der Waals surface area contributed by atoms with E-state index in [1.54, 1.807) is 0 Å². The number of hydrogen-bond donors (Lipinski definition) is 1. The van der Waals surface area contributed by atoms with Crippen LogP contribution in [0.2, 0.25) is 0 Å². The Morgan fingerprint density at radius 1 is 0.650 bits per heavy atom. The zero-order chi connectivity index (χ0) is 26.2. The highest BCUT2D eigenvalue weighted by Gasteiger charge is 2.22. The number of fused-ring (bicyclic) bond motifs is 11. The molecule has 3 heteroatoms. The van der Waals surface area contributed by atoms with Gasteiger partial charge in [0.05, 0.1) is 21.8 Å². The second-order valence-corrected chi connectivity index (χ2v) is 11.6. The first kappa shape index (κ1) is 22.0. The van der Waals surface area contributed by atoms with Gasteiger partial charge in [0.15, 0.2) is 0 Å². The zero-order valence-corrected chi connectivity index (χ0v) is 22.5. The highest BCUT2D eigenvalue weighted by molar-refractivity contribution is 7.27. The van der Waals surface area contributed by atoms with E-state index in [-0.39, 0.29) is 6.04 Å². The van der Waals surface area contributed by atoms with Gasteiger partial charge < -0.3 is 9.88 Å². The molecule has 0 fully saturated rings. The summed E-state index contributed by atoms with van der Waals surface area (Å²) in [6.07, 6.45) is 13.0. The smallest absolute Gasteiger partial charge is 0.0726 e. The molecular weight excluding hydrogens is 504 g/mol. The van der Waals surface area contributed by atoms with Gasteiger partial charge in [0, 0.05) is 37.6 Å². The minimum Gasteiger partial charge on any atom is -0.374 e. The van der Waals surface area contributed by atoms with E-state index < -0.39 is 0 Å². The molecule has 1 aliphatic heterocycles. The molecule has 0 bridgehead atoms. The fourth-order valence-electron chi connectivity index (χ4n) is 6.61. The van der Waals surface area contributed by atoms with Gasteiger partial charge in [0.1, 0.15) is 0 Å². The van der Waals surface area contributed by atoms with Crippen molar-refractivity contribution >= 4 is 69.8 Å². The van der Waals surface area contributed by atoms with Crippen LogP contribution in [0.1, 0.15) is 5.56 Å². The van der Waals surface area contributed by atoms with Crippen LogP contribution < -0.4 is 5.32 Å². The SMILES string of the molecule is C1=CC2=CC=C(c3ccc(-n4c5ccccc5c5c6ccccc6c6c7ccccc7sc6c54)cc3)NC2C=C1. The number of benzene rings is 5. The van der Waals surface area contributed by atoms with Gasteiger partial charge in [-0.25, -0.2) is 0 Å². The Kier molecular flexibility index (Phi) is 4.58. The molecule has 40 heavy (non-hydrogen) atoms. The molecule has 1 aliphatic carbocycles. The Morgan fingerprint density at radius 2 is 1.38 bits per heavy atom. The van der Waals surface area contributed by atoms with Crippen molar-refractivity contribution in [1.82, 2.24) is 9.88 Å². The topological polar surface area (TPSA) is 17.0 Å². The van der Waals surface area contributed by atoms with Crippen molar-refractivity contribution in [2.24, 2.45) is 0 Å². The molecule has 2 nitrogen and oxygen atoms in total. The fourth-order valence-corrected chi connectivity index (χ4v) is 7.87. The molecule has 0 saturated carbocycles. The summed E-state index contributed by atoms with van der Waals surface area (Å²) in [7, 11) is 0. The predicted octanol–water partition coefficient (Wildman–Crippen LogP) is 9.67. The Morgan fingerprint density at radius 3 is 2.23 bits per heavy atom. The minimum absolute atomic E-state index is 0.233. The highest BCUT2D eigenvalue weighted by atomic mass is 32.1. The third-order valence-electron chi connectivity index (χ3n) is 8.40. The van der Waals surface area contributed by atoms with Crippen molar-refractivity contribution in [3.05, 3.63) is 145 Å². The third-order valence-corrected chi connectivity index (χ3v) is 9.58. The summed E-state index contributed by atoms with van der Waals surface area (Å²) in [5, 5.41) is 11.7. The van der Waals surface area contributed by atoms with Crippen molar-refractivity contribution in [1.29, 1.82) is 0 Å². The Bertz CT molecular complexity index is 2290. The third kappa shape index (κ3) is 3.04. The van der Waals surface area contributed by atoms with Gasteiger partial charge in [-0.1, -0.05) is 103 Å². The average molecular weight is 529 g/mol. The van der Waals surface area contributed by atoms with E-state index in [1.807, 2.05) is 11.3 Å². The maximum absolute atomic E-state index is 3.69. The second-order valence-electron chi connectivity index (χ2n) is 10.6. The molecular formula is C37H24N2S. The first-order valence-corrected chi connectivity index (χ1v) is 14.6. The van der Waals surface area contributed by atoms with Gasteiger partial charge in [-0.05, 0) is 52.3 Å². The predicted molar refractivity (Wildman–Crippen MR) is 172 cm³/mol. The van der Waals surface area contributed by atoms with Crippen LogP contribution in [-0.4, -0.2) is 10.6 Å². The molecule has 0 radical (unpaired) electrons. The lowest BCUT2D eigenvalue weighted by Crippen LogP contribution is -2.30. The largest absolute Gasteiger partial charge is 0.374 e. The number of para-hydroxylation sites is 1. The van der Waals surface area contributed by atoms with E-state index in [0.717, 1.165) is 5.70 Å². The van der Waals surface area contributed by atoms with E-state index in [2.05, 4.69) is 143 Å². The number of nitrogens with one attached hydrogen (secondary N) is 1. The summed E-state index contributed by atoms with van der Waals surface area (Å²) >= 11 is 1.91. The van der Waals surface area contributed by atoms with E-state index in [1.165, 1.54) is 69.6 Å². The summed E-state index contributed by atoms with van der Waals surface area (Å²) in [6, 6.07) is 35.9. The van der Waals surface area contributed by atoms with Gasteiger partial charge in [-0.2, -0.15) is 0 Å². The van der Waals surface area contributed by atoms with Crippen LogP contribution in [0.5, 0.6) is 0 Å². The van der Waals surface area contributed by atoms with Crippen molar-refractivity contribution < 1.29 is 0 Å². The summed E-state index contributed by atoms with van der Waals surface area (Å²) < 4.78 is 5.16. The monoisotopic (exact) mass is 528 g/mol. The summed E-state index contributed by atoms with van der Waals surface area (Å²) in [5.74, 6) is 0. The molecule has 1 unspecified atom stereocenters. The van der Waals surface area contributed by atoms with Gasteiger partial charge >= 0.3 is 0 Å².